The van der Waals surface area contributed by atoms with Crippen LogP contribution in [0.3, 0.4) is 0 Å². The van der Waals surface area contributed by atoms with Crippen LogP contribution in [0.1, 0.15) is 13.8 Å². The van der Waals surface area contributed by atoms with E-state index in [0.717, 1.165) is 13.1 Å². The Hall–Kier alpha value is -1.54. The van der Waals surface area contributed by atoms with Gasteiger partial charge in [0.15, 0.2) is 12.3 Å². The number of urea groups is 2. The highest BCUT2D eigenvalue weighted by molar-refractivity contribution is 5.85. The quantitative estimate of drug-likeness (QED) is 0.691. The molecule has 0 aromatic rings. The maximum Gasteiger partial charge on any atom is 0.325 e. The zero-order valence-corrected chi connectivity index (χ0v) is 11.9. The summed E-state index contributed by atoms with van der Waals surface area (Å²) in [5.74, 6) is 0. The Morgan fingerprint density at radius 1 is 0.750 bits per heavy atom. The number of carbonyl (C=O) groups excluding carboxylic acids is 2. The van der Waals surface area contributed by atoms with E-state index in [0.29, 0.717) is 26.7 Å². The van der Waals surface area contributed by atoms with Gasteiger partial charge < -0.3 is 0 Å². The minimum Gasteiger partial charge on any atom is -0.287 e. The summed E-state index contributed by atoms with van der Waals surface area (Å²) in [6.45, 7) is 8.28. The third kappa shape index (κ3) is 1.33. The van der Waals surface area contributed by atoms with E-state index in [1.165, 1.54) is 0 Å². The molecule has 4 aliphatic rings. The molecule has 0 radical (unpaired) electrons. The van der Waals surface area contributed by atoms with Gasteiger partial charge >= 0.3 is 12.1 Å². The lowest BCUT2D eigenvalue weighted by Gasteiger charge is -2.42. The van der Waals surface area contributed by atoms with Gasteiger partial charge in [-0.3, -0.25) is 29.4 Å². The molecule has 0 atom stereocenters. The summed E-state index contributed by atoms with van der Waals surface area (Å²) in [7, 11) is 0. The third-order valence-corrected chi connectivity index (χ3v) is 4.83. The topological polar surface area (TPSA) is 53.6 Å². The van der Waals surface area contributed by atoms with Gasteiger partial charge in [0.25, 0.3) is 0 Å². The molecule has 0 aromatic carbocycles. The molecule has 0 aliphatic carbocycles. The van der Waals surface area contributed by atoms with Crippen LogP contribution in [0.25, 0.3) is 0 Å². The van der Waals surface area contributed by atoms with Crippen molar-refractivity contribution >= 4 is 12.1 Å². The van der Waals surface area contributed by atoms with Gasteiger partial charge in [-0.1, -0.05) is 13.8 Å². The van der Waals surface area contributed by atoms with E-state index >= 15 is 0 Å². The Morgan fingerprint density at radius 2 is 1.05 bits per heavy atom. The molecule has 4 heterocycles. The molecule has 110 valence electrons. The second-order valence-corrected chi connectivity index (χ2v) is 5.81. The Labute approximate surface area is 118 Å². The van der Waals surface area contributed by atoms with Crippen LogP contribution in [-0.4, -0.2) is 93.6 Å². The normalized spacial score (nSPS) is 33.5. The van der Waals surface area contributed by atoms with Gasteiger partial charge in [0.1, 0.15) is 0 Å². The molecule has 4 rings (SSSR count). The van der Waals surface area contributed by atoms with Gasteiger partial charge in [0.05, 0.1) is 26.7 Å². The summed E-state index contributed by atoms with van der Waals surface area (Å²) < 4.78 is 0. The first-order valence-electron chi connectivity index (χ1n) is 7.25. The average molecular weight is 280 g/mol. The predicted octanol–water partition coefficient (Wildman–Crippen LogP) is -0.385. The fourth-order valence-electron chi connectivity index (χ4n) is 3.69. The molecule has 0 N–H and O–H groups in total. The van der Waals surface area contributed by atoms with Gasteiger partial charge in [-0.15, -0.1) is 0 Å². The largest absolute Gasteiger partial charge is 0.325 e. The maximum absolute atomic E-state index is 12.6. The summed E-state index contributed by atoms with van der Waals surface area (Å²) in [5.41, 5.74) is 0. The third-order valence-electron chi connectivity index (χ3n) is 4.83. The molecule has 8 heteroatoms. The summed E-state index contributed by atoms with van der Waals surface area (Å²) >= 11 is 0. The second kappa shape index (κ2) is 3.98. The molecule has 0 saturated carbocycles. The lowest BCUT2D eigenvalue weighted by molar-refractivity contribution is -0.0211. The number of nitrogens with zero attached hydrogens (tertiary/aromatic N) is 6. The van der Waals surface area contributed by atoms with Crippen molar-refractivity contribution < 1.29 is 9.59 Å². The minimum absolute atomic E-state index is 0.0544. The molecule has 4 amide bonds. The molecule has 0 unspecified atom stereocenters. The van der Waals surface area contributed by atoms with E-state index in [1.54, 1.807) is 0 Å². The number of hydrogen-bond donors (Lipinski definition) is 0. The van der Waals surface area contributed by atoms with E-state index in [-0.39, 0.29) is 24.4 Å². The van der Waals surface area contributed by atoms with E-state index in [4.69, 9.17) is 0 Å². The molecule has 20 heavy (non-hydrogen) atoms. The summed E-state index contributed by atoms with van der Waals surface area (Å²) in [6.07, 6.45) is -0.200. The molecule has 4 aliphatic heterocycles. The molecule has 0 aromatic heterocycles. The van der Waals surface area contributed by atoms with Crippen molar-refractivity contribution in [3.63, 3.8) is 0 Å². The van der Waals surface area contributed by atoms with Crippen LogP contribution in [0, 0.1) is 0 Å². The molecule has 8 nitrogen and oxygen atoms in total. The van der Waals surface area contributed by atoms with Crippen LogP contribution in [-0.2, 0) is 0 Å². The minimum atomic E-state index is -0.100. The number of carbonyl (C=O) groups is 2. The lowest BCUT2D eigenvalue weighted by Crippen LogP contribution is -2.60. The van der Waals surface area contributed by atoms with Crippen molar-refractivity contribution in [3.8, 4) is 0 Å². The SMILES string of the molecule is CCN1CN2C(=O)N3CN(CC)CN4C(=O)N(C1)C2C34. The van der Waals surface area contributed by atoms with E-state index in [1.807, 2.05) is 19.6 Å². The highest BCUT2D eigenvalue weighted by Crippen LogP contribution is 2.39. The highest BCUT2D eigenvalue weighted by atomic mass is 16.2. The summed E-state index contributed by atoms with van der Waals surface area (Å²) in [6, 6.07) is 0.109. The molecule has 0 bridgehead atoms. The van der Waals surface area contributed by atoms with Crippen LogP contribution >= 0.6 is 0 Å². The van der Waals surface area contributed by atoms with Gasteiger partial charge in [-0.2, -0.15) is 0 Å². The van der Waals surface area contributed by atoms with Gasteiger partial charge in [0, 0.05) is 0 Å². The Kier molecular flexibility index (Phi) is 2.43. The standard InChI is InChI=1S/C12H20N6O2/c1-3-13-5-15-9-10-17(11(15)19)7-14(4-2)8-18(10)12(20)16(9)6-13/h9-10H,3-8H2,1-2H3. The van der Waals surface area contributed by atoms with Crippen LogP contribution in [0.5, 0.6) is 0 Å². The monoisotopic (exact) mass is 280 g/mol. The van der Waals surface area contributed by atoms with Gasteiger partial charge in [-0.05, 0) is 13.1 Å². The fraction of sp³-hybridized carbons (Fsp3) is 0.833. The first kappa shape index (κ1) is 12.2. The maximum atomic E-state index is 12.6. The van der Waals surface area contributed by atoms with E-state index < -0.39 is 0 Å². The molecule has 4 saturated heterocycles. The van der Waals surface area contributed by atoms with Crippen molar-refractivity contribution in [2.24, 2.45) is 0 Å². The Morgan fingerprint density at radius 3 is 1.30 bits per heavy atom. The van der Waals surface area contributed by atoms with Crippen LogP contribution in [0.4, 0.5) is 9.59 Å². The first-order chi connectivity index (χ1) is 9.65. The van der Waals surface area contributed by atoms with Gasteiger partial charge in [-0.25, -0.2) is 9.59 Å². The number of amides is 4. The van der Waals surface area contributed by atoms with Crippen LogP contribution in [0.15, 0.2) is 0 Å². The number of hydrogen-bond acceptors (Lipinski definition) is 4. The highest BCUT2D eigenvalue weighted by Gasteiger charge is 2.62. The first-order valence-corrected chi connectivity index (χ1v) is 7.25. The summed E-state index contributed by atoms with van der Waals surface area (Å²) in [4.78, 5) is 36.8. The smallest absolute Gasteiger partial charge is 0.287 e. The average Bonchev–Trinajstić information content (AvgIpc) is 2.93. The van der Waals surface area contributed by atoms with Crippen LogP contribution < -0.4 is 0 Å². The van der Waals surface area contributed by atoms with Crippen LogP contribution in [0.2, 0.25) is 0 Å². The molecule has 0 spiro atoms. The predicted molar refractivity (Wildman–Crippen MR) is 70.0 cm³/mol. The lowest BCUT2D eigenvalue weighted by atomic mass is 10.3. The molecular formula is C12H20N6O2. The van der Waals surface area contributed by atoms with Crippen molar-refractivity contribution in [1.82, 2.24) is 29.4 Å². The number of rotatable bonds is 2. The summed E-state index contributed by atoms with van der Waals surface area (Å²) in [5, 5.41) is 0. The Bertz CT molecular complexity index is 397. The zero-order chi connectivity index (χ0) is 14.0. The van der Waals surface area contributed by atoms with Gasteiger partial charge in [0.2, 0.25) is 0 Å². The van der Waals surface area contributed by atoms with Crippen molar-refractivity contribution in [2.45, 2.75) is 26.2 Å². The molecular weight excluding hydrogens is 260 g/mol. The van der Waals surface area contributed by atoms with Crippen molar-refractivity contribution in [3.05, 3.63) is 0 Å². The zero-order valence-electron chi connectivity index (χ0n) is 11.9. The molecule has 4 fully saturated rings. The van der Waals surface area contributed by atoms with Crippen molar-refractivity contribution in [2.75, 3.05) is 39.8 Å². The Balaban J connectivity index is 1.73. The van der Waals surface area contributed by atoms with E-state index in [9.17, 15) is 9.59 Å². The van der Waals surface area contributed by atoms with E-state index in [2.05, 4.69) is 23.6 Å². The van der Waals surface area contributed by atoms with Crippen molar-refractivity contribution in [1.29, 1.82) is 0 Å². The fourth-order valence-corrected chi connectivity index (χ4v) is 3.69. The second-order valence-electron chi connectivity index (χ2n) is 5.81.